The van der Waals surface area contributed by atoms with E-state index in [0.29, 0.717) is 0 Å². The van der Waals surface area contributed by atoms with Crippen molar-refractivity contribution in [3.05, 3.63) is 180 Å². The van der Waals surface area contributed by atoms with Crippen molar-refractivity contribution >= 4 is 93.3 Å². The zero-order valence-electron chi connectivity index (χ0n) is 33.0. The van der Waals surface area contributed by atoms with Crippen LogP contribution in [0.15, 0.2) is 164 Å². The molecule has 0 N–H and O–H groups in total. The number of fused-ring (bicyclic) bond motifs is 14. The van der Waals surface area contributed by atoms with Gasteiger partial charge in [-0.1, -0.05) is 66.2 Å². The largest absolute Gasteiger partial charge is 0.344 e. The Labute approximate surface area is 339 Å². The molecule has 0 bridgehead atoms. The lowest BCUT2D eigenvalue weighted by Crippen LogP contribution is -1.95. The Balaban J connectivity index is 0.929. The van der Waals surface area contributed by atoms with Crippen LogP contribution < -0.4 is 0 Å². The summed E-state index contributed by atoms with van der Waals surface area (Å²) in [5, 5.41) is 7.64. The van der Waals surface area contributed by atoms with E-state index in [4.69, 9.17) is 4.98 Å². The minimum absolute atomic E-state index is 0.840. The molecule has 5 heterocycles. The average molecular weight is 759 g/mol. The van der Waals surface area contributed by atoms with Gasteiger partial charge in [0.05, 0.1) is 33.1 Å². The minimum Gasteiger partial charge on any atom is -0.344 e. The van der Waals surface area contributed by atoms with Crippen LogP contribution in [-0.2, 0) is 20.5 Å². The van der Waals surface area contributed by atoms with Gasteiger partial charge < -0.3 is 13.7 Å². The number of aromatic nitrogens is 6. The second kappa shape index (κ2) is 11.7. The summed E-state index contributed by atoms with van der Waals surface area (Å²) in [5.41, 5.74) is 18.0. The average Bonchev–Trinajstić information content (AvgIpc) is 4.04. The van der Waals surface area contributed by atoms with Crippen molar-refractivity contribution in [2.45, 2.75) is 13.3 Å². The van der Waals surface area contributed by atoms with Crippen molar-refractivity contribution < 1.29 is 0 Å². The van der Waals surface area contributed by atoms with Gasteiger partial charge in [-0.3, -0.25) is 8.97 Å². The van der Waals surface area contributed by atoms with Gasteiger partial charge >= 0.3 is 0 Å². The van der Waals surface area contributed by atoms with E-state index in [-0.39, 0.29) is 0 Å². The Hall–Kier alpha value is -7.57. The van der Waals surface area contributed by atoms with E-state index in [1.807, 2.05) is 0 Å². The Morgan fingerprint density at radius 1 is 0.390 bits per heavy atom. The molecule has 8 aromatic carbocycles. The first-order valence-electron chi connectivity index (χ1n) is 20.4. The summed E-state index contributed by atoms with van der Waals surface area (Å²) in [7, 11) is 4.35. The standard InChI is InChI=1S/C53H38N6/c1-32-16-21-44-38(26-32)41-30-35(19-24-46(41)55(44)2)57-48-12-6-4-10-37(48)39-28-34(18-23-49(39)57)27-33-17-22-45-40(29-33)42-31-36(20-25-47(42)56(45)3)58-51-14-8-9-15-52(51)59-50-13-7-5-11-43(50)54-53(58)59/h4-26,28-31H,27H2,1-3H3. The highest BCUT2D eigenvalue weighted by molar-refractivity contribution is 6.12. The molecule has 0 aliphatic heterocycles. The molecule has 0 unspecified atom stereocenters. The fraction of sp³-hybridized carbons (Fsp3) is 0.0755. The van der Waals surface area contributed by atoms with Crippen LogP contribution in [0.25, 0.3) is 105 Å². The molecule has 13 rings (SSSR count). The third-order valence-corrected chi connectivity index (χ3v) is 13.0. The molecule has 280 valence electrons. The summed E-state index contributed by atoms with van der Waals surface area (Å²) in [5.74, 6) is 0.925. The van der Waals surface area contributed by atoms with Gasteiger partial charge in [-0.2, -0.15) is 0 Å². The predicted octanol–water partition coefficient (Wildman–Crippen LogP) is 12.7. The topological polar surface area (TPSA) is 37.0 Å². The Bertz CT molecular complexity index is 3920. The quantitative estimate of drug-likeness (QED) is 0.176. The van der Waals surface area contributed by atoms with E-state index in [1.165, 1.54) is 87.8 Å². The molecule has 0 fully saturated rings. The number of nitrogens with zero attached hydrogens (tertiary/aromatic N) is 6. The molecule has 6 nitrogen and oxygen atoms in total. The third-order valence-electron chi connectivity index (χ3n) is 13.0. The molecule has 0 aliphatic carbocycles. The number of rotatable bonds is 4. The summed E-state index contributed by atoms with van der Waals surface area (Å²) < 4.78 is 11.7. The zero-order chi connectivity index (χ0) is 39.1. The van der Waals surface area contributed by atoms with Crippen LogP contribution in [0.2, 0.25) is 0 Å². The van der Waals surface area contributed by atoms with Gasteiger partial charge in [0.15, 0.2) is 0 Å². The van der Waals surface area contributed by atoms with Crippen LogP contribution in [-0.4, -0.2) is 27.7 Å². The molecule has 0 saturated heterocycles. The number of imidazole rings is 2. The number of aryl methyl sites for hydroxylation is 3. The van der Waals surface area contributed by atoms with Crippen molar-refractivity contribution in [1.82, 2.24) is 27.7 Å². The molecule has 5 aromatic heterocycles. The monoisotopic (exact) mass is 758 g/mol. The number of benzene rings is 8. The lowest BCUT2D eigenvalue weighted by molar-refractivity contribution is 1.01. The Kier molecular flexibility index (Phi) is 6.47. The van der Waals surface area contributed by atoms with Crippen LogP contribution >= 0.6 is 0 Å². The number of para-hydroxylation sites is 5. The predicted molar refractivity (Wildman–Crippen MR) is 246 cm³/mol. The lowest BCUT2D eigenvalue weighted by atomic mass is 10.0. The van der Waals surface area contributed by atoms with Crippen molar-refractivity contribution in [3.8, 4) is 11.4 Å². The van der Waals surface area contributed by atoms with Crippen molar-refractivity contribution in [1.29, 1.82) is 0 Å². The van der Waals surface area contributed by atoms with Crippen molar-refractivity contribution in [2.24, 2.45) is 14.1 Å². The summed E-state index contributed by atoms with van der Waals surface area (Å²) in [6, 6.07) is 60.5. The second-order valence-electron chi connectivity index (χ2n) is 16.3. The van der Waals surface area contributed by atoms with Gasteiger partial charge in [-0.05, 0) is 128 Å². The molecule has 0 saturated carbocycles. The highest BCUT2D eigenvalue weighted by Gasteiger charge is 2.19. The maximum Gasteiger partial charge on any atom is 0.220 e. The molecule has 59 heavy (non-hydrogen) atoms. The number of hydrogen-bond acceptors (Lipinski definition) is 1. The zero-order valence-corrected chi connectivity index (χ0v) is 33.0. The normalized spacial score (nSPS) is 12.4. The van der Waals surface area contributed by atoms with E-state index in [9.17, 15) is 0 Å². The van der Waals surface area contributed by atoms with Crippen LogP contribution in [0.5, 0.6) is 0 Å². The first-order valence-corrected chi connectivity index (χ1v) is 20.4. The second-order valence-corrected chi connectivity index (χ2v) is 16.3. The molecule has 0 aliphatic rings. The van der Waals surface area contributed by atoms with E-state index in [1.54, 1.807) is 0 Å². The highest BCUT2D eigenvalue weighted by atomic mass is 15.2. The van der Waals surface area contributed by atoms with Gasteiger partial charge in [-0.15, -0.1) is 0 Å². The first-order chi connectivity index (χ1) is 29.0. The van der Waals surface area contributed by atoms with Gasteiger partial charge in [0, 0.05) is 79.9 Å². The smallest absolute Gasteiger partial charge is 0.220 e. The molecular formula is C53H38N6. The fourth-order valence-corrected chi connectivity index (χ4v) is 10.2. The maximum atomic E-state index is 5.14. The Morgan fingerprint density at radius 2 is 0.881 bits per heavy atom. The fourth-order valence-electron chi connectivity index (χ4n) is 10.2. The van der Waals surface area contributed by atoms with E-state index < -0.39 is 0 Å². The van der Waals surface area contributed by atoms with Crippen LogP contribution in [0.3, 0.4) is 0 Å². The van der Waals surface area contributed by atoms with Gasteiger partial charge in [-0.25, -0.2) is 4.98 Å². The molecule has 0 radical (unpaired) electrons. The van der Waals surface area contributed by atoms with Gasteiger partial charge in [0.2, 0.25) is 5.78 Å². The molecular weight excluding hydrogens is 721 g/mol. The molecule has 0 spiro atoms. The van der Waals surface area contributed by atoms with Crippen molar-refractivity contribution in [2.75, 3.05) is 0 Å². The SMILES string of the molecule is Cc1ccc2c(c1)c1cc(-n3c4ccccc4c4cc(Cc5ccc6c(c5)c5cc(-n7c8ccccc8n8c9ccccc9nc78)ccc5n6C)ccc43)ccc1n2C. The van der Waals surface area contributed by atoms with E-state index in [2.05, 4.69) is 207 Å². The highest BCUT2D eigenvalue weighted by Crippen LogP contribution is 2.38. The van der Waals surface area contributed by atoms with Gasteiger partial charge in [0.25, 0.3) is 0 Å². The van der Waals surface area contributed by atoms with E-state index in [0.717, 1.165) is 40.0 Å². The number of hydrogen-bond donors (Lipinski definition) is 0. The summed E-state index contributed by atoms with van der Waals surface area (Å²) in [6.45, 7) is 2.18. The van der Waals surface area contributed by atoms with Crippen LogP contribution in [0.1, 0.15) is 16.7 Å². The summed E-state index contributed by atoms with van der Waals surface area (Å²) in [6.07, 6.45) is 0.840. The van der Waals surface area contributed by atoms with Crippen molar-refractivity contribution in [3.63, 3.8) is 0 Å². The molecule has 13 aromatic rings. The molecule has 0 atom stereocenters. The first kappa shape index (κ1) is 32.5. The van der Waals surface area contributed by atoms with E-state index >= 15 is 0 Å². The summed E-state index contributed by atoms with van der Waals surface area (Å²) >= 11 is 0. The van der Waals surface area contributed by atoms with Crippen LogP contribution in [0, 0.1) is 6.92 Å². The lowest BCUT2D eigenvalue weighted by Gasteiger charge is -2.09. The molecule has 6 heteroatoms. The van der Waals surface area contributed by atoms with Gasteiger partial charge in [0.1, 0.15) is 0 Å². The van der Waals surface area contributed by atoms with Crippen LogP contribution in [0.4, 0.5) is 0 Å². The summed E-state index contributed by atoms with van der Waals surface area (Å²) in [4.78, 5) is 5.14. The maximum absolute atomic E-state index is 5.14. The molecule has 0 amide bonds. The Morgan fingerprint density at radius 3 is 1.59 bits per heavy atom. The minimum atomic E-state index is 0.840. The third kappa shape index (κ3) is 4.48.